The number of ketones is 1. The first kappa shape index (κ1) is 20.0. The third-order valence-electron chi connectivity index (χ3n) is 5.21. The minimum Gasteiger partial charge on any atom is -0.507 e. The highest BCUT2D eigenvalue weighted by molar-refractivity contribution is 7.10. The molecule has 1 saturated heterocycles. The van der Waals surface area contributed by atoms with E-state index in [1.165, 1.54) is 40.5 Å². The van der Waals surface area contributed by atoms with Gasteiger partial charge in [0, 0.05) is 16.1 Å². The lowest BCUT2D eigenvalue weighted by Crippen LogP contribution is -2.29. The van der Waals surface area contributed by atoms with Gasteiger partial charge < -0.3 is 5.11 Å². The number of hydrogen-bond acceptors (Lipinski definition) is 4. The van der Waals surface area contributed by atoms with Crippen molar-refractivity contribution in [2.75, 3.05) is 4.90 Å². The topological polar surface area (TPSA) is 57.6 Å². The summed E-state index contributed by atoms with van der Waals surface area (Å²) in [4.78, 5) is 28.2. The zero-order chi connectivity index (χ0) is 21.4. The number of amides is 1. The Morgan fingerprint density at radius 3 is 2.27 bits per heavy atom. The van der Waals surface area contributed by atoms with Crippen LogP contribution in [-0.2, 0) is 9.59 Å². The molecule has 1 aromatic heterocycles. The van der Waals surface area contributed by atoms with Crippen LogP contribution in [0, 0.1) is 5.82 Å². The van der Waals surface area contributed by atoms with E-state index in [-0.39, 0.29) is 16.9 Å². The van der Waals surface area contributed by atoms with Gasteiger partial charge in [-0.15, -0.1) is 11.3 Å². The Balaban J connectivity index is 1.87. The van der Waals surface area contributed by atoms with Crippen LogP contribution in [0.5, 0.6) is 0 Å². The quantitative estimate of drug-likeness (QED) is 0.337. The summed E-state index contributed by atoms with van der Waals surface area (Å²) in [5, 5.41) is 12.8. The van der Waals surface area contributed by atoms with Gasteiger partial charge in [0.05, 0.1) is 5.57 Å². The lowest BCUT2D eigenvalue weighted by molar-refractivity contribution is -0.132. The number of hydrogen-bond donors (Lipinski definition) is 1. The molecule has 1 aliphatic heterocycles. The maximum Gasteiger partial charge on any atom is 0.300 e. The molecule has 0 bridgehead atoms. The van der Waals surface area contributed by atoms with Gasteiger partial charge in [-0.25, -0.2) is 4.39 Å². The van der Waals surface area contributed by atoms with E-state index in [0.717, 1.165) is 10.4 Å². The molecular formula is C24H20FNO3S. The molecule has 1 atom stereocenters. The van der Waals surface area contributed by atoms with Crippen LogP contribution >= 0.6 is 11.3 Å². The van der Waals surface area contributed by atoms with E-state index >= 15 is 0 Å². The molecule has 1 N–H and O–H groups in total. The summed E-state index contributed by atoms with van der Waals surface area (Å²) >= 11 is 1.40. The maximum atomic E-state index is 13.3. The van der Waals surface area contributed by atoms with Crippen molar-refractivity contribution in [1.82, 2.24) is 0 Å². The smallest absolute Gasteiger partial charge is 0.300 e. The van der Waals surface area contributed by atoms with E-state index in [2.05, 4.69) is 13.8 Å². The molecule has 1 fully saturated rings. The highest BCUT2D eigenvalue weighted by Crippen LogP contribution is 2.43. The third-order valence-corrected chi connectivity index (χ3v) is 6.14. The molecule has 152 valence electrons. The van der Waals surface area contributed by atoms with Gasteiger partial charge in [0.25, 0.3) is 11.7 Å². The summed E-state index contributed by atoms with van der Waals surface area (Å²) in [6, 6.07) is 15.6. The van der Waals surface area contributed by atoms with Gasteiger partial charge in [-0.2, -0.15) is 0 Å². The monoisotopic (exact) mass is 421 g/mol. The Hall–Kier alpha value is -3.25. The standard InChI is InChI=1S/C24H20FNO3S/c1-14(2)15-7-11-18(12-8-15)26-21(19-4-3-13-30-19)20(23(28)24(26)29)22(27)16-5-9-17(25)10-6-16/h3-14,21,27H,1-2H3/b22-20-. The fourth-order valence-electron chi connectivity index (χ4n) is 3.60. The Morgan fingerprint density at radius 1 is 1.03 bits per heavy atom. The minimum absolute atomic E-state index is 0.00185. The van der Waals surface area contributed by atoms with Crippen molar-refractivity contribution < 1.29 is 19.1 Å². The summed E-state index contributed by atoms with van der Waals surface area (Å²) < 4.78 is 13.3. The summed E-state index contributed by atoms with van der Waals surface area (Å²) in [7, 11) is 0. The molecule has 1 amide bonds. The van der Waals surface area contributed by atoms with Crippen LogP contribution in [0.2, 0.25) is 0 Å². The summed E-state index contributed by atoms with van der Waals surface area (Å²) in [6.07, 6.45) is 0. The Labute approximate surface area is 177 Å². The van der Waals surface area contributed by atoms with E-state index in [1.54, 1.807) is 0 Å². The first-order valence-corrected chi connectivity index (χ1v) is 10.5. The minimum atomic E-state index is -0.761. The third kappa shape index (κ3) is 3.44. The van der Waals surface area contributed by atoms with E-state index < -0.39 is 23.5 Å². The summed E-state index contributed by atoms with van der Waals surface area (Å²) in [6.45, 7) is 4.16. The SMILES string of the molecule is CC(C)c1ccc(N2C(=O)C(=O)/C(=C(\O)c3ccc(F)cc3)C2c2cccs2)cc1. The van der Waals surface area contributed by atoms with Crippen molar-refractivity contribution in [3.05, 3.63) is 93.4 Å². The first-order chi connectivity index (χ1) is 14.4. The van der Waals surface area contributed by atoms with Gasteiger partial charge in [0.1, 0.15) is 17.6 Å². The molecule has 30 heavy (non-hydrogen) atoms. The second-order valence-electron chi connectivity index (χ2n) is 7.44. The number of benzene rings is 2. The second kappa shape index (κ2) is 7.88. The van der Waals surface area contributed by atoms with Crippen LogP contribution in [0.25, 0.3) is 5.76 Å². The zero-order valence-electron chi connectivity index (χ0n) is 16.5. The number of nitrogens with zero attached hydrogens (tertiary/aromatic N) is 1. The summed E-state index contributed by atoms with van der Waals surface area (Å²) in [5.41, 5.74) is 1.99. The van der Waals surface area contributed by atoms with Crippen LogP contribution in [0.1, 0.15) is 41.8 Å². The second-order valence-corrected chi connectivity index (χ2v) is 8.42. The van der Waals surface area contributed by atoms with Crippen molar-refractivity contribution >= 4 is 34.5 Å². The Morgan fingerprint density at radius 2 is 1.70 bits per heavy atom. The molecular weight excluding hydrogens is 401 g/mol. The fourth-order valence-corrected chi connectivity index (χ4v) is 4.42. The number of carbonyl (C=O) groups excluding carboxylic acids is 2. The lowest BCUT2D eigenvalue weighted by Gasteiger charge is -2.24. The largest absolute Gasteiger partial charge is 0.507 e. The van der Waals surface area contributed by atoms with Crippen LogP contribution in [0.15, 0.2) is 71.6 Å². The molecule has 1 unspecified atom stereocenters. The average molecular weight is 421 g/mol. The van der Waals surface area contributed by atoms with E-state index in [1.807, 2.05) is 41.8 Å². The number of aliphatic hydroxyl groups is 1. The van der Waals surface area contributed by atoms with Gasteiger partial charge in [-0.05, 0) is 59.3 Å². The molecule has 3 aromatic rings. The number of anilines is 1. The molecule has 4 nitrogen and oxygen atoms in total. The molecule has 1 aliphatic rings. The molecule has 0 aliphatic carbocycles. The van der Waals surface area contributed by atoms with Gasteiger partial charge in [-0.1, -0.05) is 32.0 Å². The highest BCUT2D eigenvalue weighted by Gasteiger charge is 2.47. The van der Waals surface area contributed by atoms with Gasteiger partial charge in [-0.3, -0.25) is 14.5 Å². The van der Waals surface area contributed by atoms with Crippen LogP contribution in [0.4, 0.5) is 10.1 Å². The Kier molecular flexibility index (Phi) is 5.26. The first-order valence-electron chi connectivity index (χ1n) is 9.58. The normalized spacial score (nSPS) is 18.4. The Bertz CT molecular complexity index is 1120. The molecule has 0 saturated carbocycles. The number of thiophene rings is 1. The van der Waals surface area contributed by atoms with E-state index in [9.17, 15) is 19.1 Å². The molecule has 2 heterocycles. The van der Waals surface area contributed by atoms with Gasteiger partial charge >= 0.3 is 0 Å². The molecule has 0 spiro atoms. The number of halogens is 1. The highest BCUT2D eigenvalue weighted by atomic mass is 32.1. The number of Topliss-reactive ketones (excluding diaryl/α,β-unsaturated/α-hetero) is 1. The number of rotatable bonds is 4. The molecule has 4 rings (SSSR count). The van der Waals surface area contributed by atoms with Crippen molar-refractivity contribution in [1.29, 1.82) is 0 Å². The lowest BCUT2D eigenvalue weighted by atomic mass is 9.99. The van der Waals surface area contributed by atoms with Gasteiger partial charge in [0.15, 0.2) is 0 Å². The van der Waals surface area contributed by atoms with Crippen LogP contribution < -0.4 is 4.90 Å². The van der Waals surface area contributed by atoms with Crippen molar-refractivity contribution in [2.45, 2.75) is 25.8 Å². The summed E-state index contributed by atoms with van der Waals surface area (Å²) in [5.74, 6) is -1.89. The van der Waals surface area contributed by atoms with E-state index in [4.69, 9.17) is 0 Å². The predicted octanol–water partition coefficient (Wildman–Crippen LogP) is 5.64. The van der Waals surface area contributed by atoms with Gasteiger partial charge in [0.2, 0.25) is 0 Å². The van der Waals surface area contributed by atoms with Crippen LogP contribution in [-0.4, -0.2) is 16.8 Å². The number of carbonyl (C=O) groups is 2. The number of aliphatic hydroxyl groups excluding tert-OH is 1. The molecule has 2 aromatic carbocycles. The van der Waals surface area contributed by atoms with Crippen LogP contribution in [0.3, 0.4) is 0 Å². The average Bonchev–Trinajstić information content (AvgIpc) is 3.35. The fraction of sp³-hybridized carbons (Fsp3) is 0.167. The molecule has 6 heteroatoms. The molecule has 0 radical (unpaired) electrons. The van der Waals surface area contributed by atoms with Crippen molar-refractivity contribution in [2.24, 2.45) is 0 Å². The van der Waals surface area contributed by atoms with Crippen molar-refractivity contribution in [3.63, 3.8) is 0 Å². The van der Waals surface area contributed by atoms with E-state index in [0.29, 0.717) is 11.6 Å². The van der Waals surface area contributed by atoms with Crippen molar-refractivity contribution in [3.8, 4) is 0 Å². The maximum absolute atomic E-state index is 13.3. The predicted molar refractivity (Wildman–Crippen MR) is 116 cm³/mol. The zero-order valence-corrected chi connectivity index (χ0v) is 17.3.